The number of carbonyl (C=O) groups is 1. The fraction of sp³-hybridized carbons (Fsp3) is 0.167. The molecule has 1 amide bonds. The third-order valence-electron chi connectivity index (χ3n) is 3.44. The summed E-state index contributed by atoms with van der Waals surface area (Å²) in [7, 11) is 1.51. The van der Waals surface area contributed by atoms with Crippen molar-refractivity contribution < 1.29 is 22.7 Å². The number of anilines is 1. The third kappa shape index (κ3) is 4.54. The van der Waals surface area contributed by atoms with Gasteiger partial charge in [-0.2, -0.15) is 13.2 Å². The van der Waals surface area contributed by atoms with Crippen molar-refractivity contribution in [2.45, 2.75) is 12.6 Å². The molecule has 0 heterocycles. The van der Waals surface area contributed by atoms with Crippen LogP contribution in [0.3, 0.4) is 0 Å². The largest absolute Gasteiger partial charge is 0.496 e. The number of benzene rings is 2. The van der Waals surface area contributed by atoms with Gasteiger partial charge < -0.3 is 10.1 Å². The summed E-state index contributed by atoms with van der Waals surface area (Å²) in [6, 6.07) is 7.96. The SMILES string of the molecule is C=CCc1cc(C(=O)Nc2ccc(Cl)c(C(F)(F)F)c2)ccc1OC. The van der Waals surface area contributed by atoms with Crippen molar-refractivity contribution in [2.75, 3.05) is 12.4 Å². The van der Waals surface area contributed by atoms with Crippen molar-refractivity contribution >= 4 is 23.2 Å². The lowest BCUT2D eigenvalue weighted by Crippen LogP contribution is -2.14. The van der Waals surface area contributed by atoms with Gasteiger partial charge in [-0.15, -0.1) is 6.58 Å². The Balaban J connectivity index is 2.28. The third-order valence-corrected chi connectivity index (χ3v) is 3.77. The second kappa shape index (κ2) is 7.61. The van der Waals surface area contributed by atoms with E-state index in [9.17, 15) is 18.0 Å². The van der Waals surface area contributed by atoms with Gasteiger partial charge in [0.15, 0.2) is 0 Å². The highest BCUT2D eigenvalue weighted by Gasteiger charge is 2.33. The Hall–Kier alpha value is -2.47. The van der Waals surface area contributed by atoms with Crippen molar-refractivity contribution in [3.05, 3.63) is 70.8 Å². The number of carbonyl (C=O) groups excluding carboxylic acids is 1. The van der Waals surface area contributed by atoms with Crippen LogP contribution in [0.5, 0.6) is 5.75 Å². The molecule has 25 heavy (non-hydrogen) atoms. The summed E-state index contributed by atoms with van der Waals surface area (Å²) in [5, 5.41) is 2.01. The van der Waals surface area contributed by atoms with Crippen molar-refractivity contribution in [3.8, 4) is 5.75 Å². The number of halogens is 4. The van der Waals surface area contributed by atoms with E-state index in [1.807, 2.05) is 0 Å². The zero-order valence-electron chi connectivity index (χ0n) is 13.3. The maximum absolute atomic E-state index is 12.9. The van der Waals surface area contributed by atoms with Crippen LogP contribution in [0.1, 0.15) is 21.5 Å². The molecule has 132 valence electrons. The molecular weight excluding hydrogens is 355 g/mol. The standard InChI is InChI=1S/C18H15ClF3NO2/c1-3-4-11-9-12(5-8-16(11)25-2)17(24)23-13-6-7-15(19)14(10-13)18(20,21)22/h3,5-10H,1,4H2,2H3,(H,23,24). The predicted octanol–water partition coefficient (Wildman–Crippen LogP) is 5.35. The molecule has 0 unspecified atom stereocenters. The fourth-order valence-corrected chi connectivity index (χ4v) is 2.48. The fourth-order valence-electron chi connectivity index (χ4n) is 2.26. The van der Waals surface area contributed by atoms with Crippen LogP contribution < -0.4 is 10.1 Å². The lowest BCUT2D eigenvalue weighted by atomic mass is 10.1. The monoisotopic (exact) mass is 369 g/mol. The minimum absolute atomic E-state index is 0.00261. The second-order valence-electron chi connectivity index (χ2n) is 5.17. The van der Waals surface area contributed by atoms with E-state index in [2.05, 4.69) is 11.9 Å². The van der Waals surface area contributed by atoms with E-state index in [0.717, 1.165) is 17.7 Å². The first kappa shape index (κ1) is 18.9. The molecule has 0 aliphatic heterocycles. The average molecular weight is 370 g/mol. The highest BCUT2D eigenvalue weighted by Crippen LogP contribution is 2.36. The van der Waals surface area contributed by atoms with Gasteiger partial charge in [0.2, 0.25) is 0 Å². The van der Waals surface area contributed by atoms with E-state index in [1.54, 1.807) is 18.2 Å². The summed E-state index contributed by atoms with van der Waals surface area (Å²) in [4.78, 5) is 12.3. The first-order valence-corrected chi connectivity index (χ1v) is 7.60. The van der Waals surface area contributed by atoms with E-state index in [-0.39, 0.29) is 5.69 Å². The van der Waals surface area contributed by atoms with Crippen LogP contribution in [-0.4, -0.2) is 13.0 Å². The zero-order chi connectivity index (χ0) is 18.6. The van der Waals surface area contributed by atoms with Crippen molar-refractivity contribution in [1.29, 1.82) is 0 Å². The van der Waals surface area contributed by atoms with Crippen LogP contribution in [0, 0.1) is 0 Å². The van der Waals surface area contributed by atoms with Crippen molar-refractivity contribution in [1.82, 2.24) is 0 Å². The maximum Gasteiger partial charge on any atom is 0.417 e. The maximum atomic E-state index is 12.9. The summed E-state index contributed by atoms with van der Waals surface area (Å²) in [6.07, 6.45) is -2.45. The number of hydrogen-bond acceptors (Lipinski definition) is 2. The quantitative estimate of drug-likeness (QED) is 0.722. The van der Waals surface area contributed by atoms with Gasteiger partial charge in [-0.3, -0.25) is 4.79 Å². The lowest BCUT2D eigenvalue weighted by molar-refractivity contribution is -0.137. The van der Waals surface area contributed by atoms with Crippen LogP contribution in [0.25, 0.3) is 0 Å². The molecular formula is C18H15ClF3NO2. The number of hydrogen-bond donors (Lipinski definition) is 1. The molecule has 0 fully saturated rings. The van der Waals surface area contributed by atoms with E-state index in [4.69, 9.17) is 16.3 Å². The molecule has 2 rings (SSSR count). The first-order valence-electron chi connectivity index (χ1n) is 7.22. The molecule has 0 saturated heterocycles. The predicted molar refractivity (Wildman–Crippen MR) is 91.3 cm³/mol. The molecule has 0 aliphatic rings. The van der Waals surface area contributed by atoms with E-state index >= 15 is 0 Å². The number of allylic oxidation sites excluding steroid dienone is 1. The number of alkyl halides is 3. The van der Waals surface area contributed by atoms with Gasteiger partial charge in [-0.05, 0) is 48.4 Å². The minimum atomic E-state index is -4.60. The molecule has 0 bridgehead atoms. The highest BCUT2D eigenvalue weighted by atomic mass is 35.5. The molecule has 2 aromatic rings. The van der Waals surface area contributed by atoms with Crippen molar-refractivity contribution in [2.24, 2.45) is 0 Å². The number of nitrogens with one attached hydrogen (secondary N) is 1. The van der Waals surface area contributed by atoms with Gasteiger partial charge in [0.05, 0.1) is 17.7 Å². The molecule has 7 heteroatoms. The normalized spacial score (nSPS) is 11.1. The average Bonchev–Trinajstić information content (AvgIpc) is 2.55. The Morgan fingerprint density at radius 3 is 2.60 bits per heavy atom. The molecule has 1 N–H and O–H groups in total. The summed E-state index contributed by atoms with van der Waals surface area (Å²) < 4.78 is 43.9. The summed E-state index contributed by atoms with van der Waals surface area (Å²) >= 11 is 5.57. The molecule has 0 saturated carbocycles. The number of rotatable bonds is 5. The Bertz CT molecular complexity index is 803. The number of methoxy groups -OCH3 is 1. The smallest absolute Gasteiger partial charge is 0.417 e. The Labute approximate surface area is 148 Å². The zero-order valence-corrected chi connectivity index (χ0v) is 14.0. The first-order chi connectivity index (χ1) is 11.8. The van der Waals surface area contributed by atoms with Crippen LogP contribution in [0.4, 0.5) is 18.9 Å². The summed E-state index contributed by atoms with van der Waals surface area (Å²) in [5.41, 5.74) is 0.0373. The van der Waals surface area contributed by atoms with Gasteiger partial charge >= 0.3 is 6.18 Å². The van der Waals surface area contributed by atoms with E-state index in [1.165, 1.54) is 19.2 Å². The minimum Gasteiger partial charge on any atom is -0.496 e. The second-order valence-corrected chi connectivity index (χ2v) is 5.57. The number of amides is 1. The molecule has 3 nitrogen and oxygen atoms in total. The topological polar surface area (TPSA) is 38.3 Å². The van der Waals surface area contributed by atoms with Crippen LogP contribution in [0.2, 0.25) is 5.02 Å². The van der Waals surface area contributed by atoms with Gasteiger partial charge in [0.1, 0.15) is 5.75 Å². The van der Waals surface area contributed by atoms with E-state index in [0.29, 0.717) is 17.7 Å². The summed E-state index contributed by atoms with van der Waals surface area (Å²) in [6.45, 7) is 3.64. The van der Waals surface area contributed by atoms with Crippen LogP contribution in [-0.2, 0) is 12.6 Å². The van der Waals surface area contributed by atoms with Gasteiger partial charge in [0, 0.05) is 11.3 Å². The summed E-state index contributed by atoms with van der Waals surface area (Å²) in [5.74, 6) is 0.0608. The van der Waals surface area contributed by atoms with Crippen LogP contribution >= 0.6 is 11.6 Å². The highest BCUT2D eigenvalue weighted by molar-refractivity contribution is 6.31. The molecule has 2 aromatic carbocycles. The van der Waals surface area contributed by atoms with E-state index < -0.39 is 22.7 Å². The van der Waals surface area contributed by atoms with Crippen molar-refractivity contribution in [3.63, 3.8) is 0 Å². The van der Waals surface area contributed by atoms with Gasteiger partial charge in [-0.25, -0.2) is 0 Å². The molecule has 0 aliphatic carbocycles. The Morgan fingerprint density at radius 2 is 2.00 bits per heavy atom. The molecule has 0 atom stereocenters. The molecule has 0 spiro atoms. The Morgan fingerprint density at radius 1 is 1.28 bits per heavy atom. The van der Waals surface area contributed by atoms with Crippen LogP contribution in [0.15, 0.2) is 49.1 Å². The lowest BCUT2D eigenvalue weighted by Gasteiger charge is -2.13. The molecule has 0 radical (unpaired) electrons. The van der Waals surface area contributed by atoms with Gasteiger partial charge in [-0.1, -0.05) is 17.7 Å². The Kier molecular flexibility index (Phi) is 5.74. The molecule has 0 aromatic heterocycles. The number of ether oxygens (including phenoxy) is 1. The van der Waals surface area contributed by atoms with Gasteiger partial charge in [0.25, 0.3) is 5.91 Å².